The molecule has 1 amide bonds. The molecule has 6 nitrogen and oxygen atoms in total. The summed E-state index contributed by atoms with van der Waals surface area (Å²) in [6, 6.07) is 10.1. The molecule has 128 valence electrons. The second-order valence-electron chi connectivity index (χ2n) is 4.90. The van der Waals surface area contributed by atoms with Gasteiger partial charge in [0.1, 0.15) is 0 Å². The molecule has 0 saturated carbocycles. The van der Waals surface area contributed by atoms with E-state index in [4.69, 9.17) is 14.6 Å². The summed E-state index contributed by atoms with van der Waals surface area (Å²) in [6.45, 7) is 2.14. The zero-order valence-electron chi connectivity index (χ0n) is 13.2. The van der Waals surface area contributed by atoms with E-state index in [1.807, 2.05) is 24.4 Å². The molecule has 1 atom stereocenters. The van der Waals surface area contributed by atoms with Crippen LogP contribution in [0.15, 0.2) is 41.8 Å². The second-order valence-corrected chi connectivity index (χ2v) is 5.88. The number of carboxylic acid groups (broad SMARTS) is 1. The monoisotopic (exact) mass is 349 g/mol. The standard InChI is InChI=1S/C17H19NO5S/c1-2-22-13-6-3-4-7-14(13)23-11-16(19)18-12(10-17(20)21)15-8-5-9-24-15/h3-9,12H,2,10-11H2,1H3,(H,18,19)(H,20,21)/t12-/m1/s1. The van der Waals surface area contributed by atoms with Crippen LogP contribution >= 0.6 is 11.3 Å². The number of ether oxygens (including phenoxy) is 2. The lowest BCUT2D eigenvalue weighted by molar-refractivity contribution is -0.137. The van der Waals surface area contributed by atoms with Gasteiger partial charge in [-0.1, -0.05) is 18.2 Å². The second kappa shape index (κ2) is 8.93. The zero-order chi connectivity index (χ0) is 17.4. The van der Waals surface area contributed by atoms with Crippen LogP contribution in [0.3, 0.4) is 0 Å². The summed E-state index contributed by atoms with van der Waals surface area (Å²) in [5.41, 5.74) is 0. The minimum absolute atomic E-state index is 0.179. The van der Waals surface area contributed by atoms with Gasteiger partial charge in [-0.2, -0.15) is 0 Å². The fourth-order valence-electron chi connectivity index (χ4n) is 2.11. The molecule has 24 heavy (non-hydrogen) atoms. The number of carboxylic acids is 1. The van der Waals surface area contributed by atoms with Crippen molar-refractivity contribution in [3.05, 3.63) is 46.7 Å². The Morgan fingerprint density at radius 1 is 1.17 bits per heavy atom. The Kier molecular flexibility index (Phi) is 6.62. The average molecular weight is 349 g/mol. The van der Waals surface area contributed by atoms with Gasteiger partial charge in [-0.05, 0) is 30.5 Å². The van der Waals surface area contributed by atoms with E-state index in [2.05, 4.69) is 5.32 Å². The Balaban J connectivity index is 1.95. The molecule has 0 fully saturated rings. The van der Waals surface area contributed by atoms with Crippen molar-refractivity contribution in [2.24, 2.45) is 0 Å². The van der Waals surface area contributed by atoms with E-state index in [0.29, 0.717) is 18.1 Å². The number of benzene rings is 1. The maximum Gasteiger partial charge on any atom is 0.305 e. The van der Waals surface area contributed by atoms with Gasteiger partial charge in [-0.15, -0.1) is 11.3 Å². The maximum atomic E-state index is 12.1. The van der Waals surface area contributed by atoms with Gasteiger partial charge in [-0.3, -0.25) is 9.59 Å². The van der Waals surface area contributed by atoms with E-state index in [0.717, 1.165) is 4.88 Å². The van der Waals surface area contributed by atoms with Crippen molar-refractivity contribution in [1.82, 2.24) is 5.32 Å². The van der Waals surface area contributed by atoms with Crippen LogP contribution in [-0.4, -0.2) is 30.2 Å². The number of nitrogens with one attached hydrogen (secondary N) is 1. The highest BCUT2D eigenvalue weighted by atomic mass is 32.1. The molecule has 0 spiro atoms. The van der Waals surface area contributed by atoms with E-state index < -0.39 is 12.0 Å². The van der Waals surface area contributed by atoms with Gasteiger partial charge in [0, 0.05) is 4.88 Å². The van der Waals surface area contributed by atoms with E-state index >= 15 is 0 Å². The smallest absolute Gasteiger partial charge is 0.305 e. The van der Waals surface area contributed by atoms with Crippen molar-refractivity contribution < 1.29 is 24.2 Å². The Morgan fingerprint density at radius 3 is 2.46 bits per heavy atom. The van der Waals surface area contributed by atoms with Gasteiger partial charge in [-0.25, -0.2) is 0 Å². The van der Waals surface area contributed by atoms with Crippen LogP contribution in [0, 0.1) is 0 Å². The van der Waals surface area contributed by atoms with Crippen LogP contribution in [0.2, 0.25) is 0 Å². The minimum Gasteiger partial charge on any atom is -0.490 e. The van der Waals surface area contributed by atoms with Crippen molar-refractivity contribution >= 4 is 23.2 Å². The maximum absolute atomic E-state index is 12.1. The molecule has 1 aromatic carbocycles. The number of thiophene rings is 1. The number of aliphatic carboxylic acids is 1. The lowest BCUT2D eigenvalue weighted by Crippen LogP contribution is -2.33. The summed E-state index contributed by atoms with van der Waals surface area (Å²) in [6.07, 6.45) is -0.179. The molecule has 7 heteroatoms. The van der Waals surface area contributed by atoms with Crippen molar-refractivity contribution in [3.63, 3.8) is 0 Å². The first-order chi connectivity index (χ1) is 11.6. The first kappa shape index (κ1) is 17.8. The van der Waals surface area contributed by atoms with Gasteiger partial charge >= 0.3 is 5.97 Å². The fraction of sp³-hybridized carbons (Fsp3) is 0.294. The molecule has 2 aromatic rings. The van der Waals surface area contributed by atoms with E-state index in [1.54, 1.807) is 24.3 Å². The topological polar surface area (TPSA) is 84.9 Å². The van der Waals surface area contributed by atoms with Crippen molar-refractivity contribution in [2.45, 2.75) is 19.4 Å². The summed E-state index contributed by atoms with van der Waals surface area (Å²) < 4.78 is 10.9. The third kappa shape index (κ3) is 5.27. The minimum atomic E-state index is -0.976. The number of amides is 1. The zero-order valence-corrected chi connectivity index (χ0v) is 14.0. The number of rotatable bonds is 9. The van der Waals surface area contributed by atoms with E-state index in [9.17, 15) is 9.59 Å². The summed E-state index contributed by atoms with van der Waals surface area (Å²) >= 11 is 1.40. The molecular weight excluding hydrogens is 330 g/mol. The molecule has 0 bridgehead atoms. The largest absolute Gasteiger partial charge is 0.490 e. The van der Waals surface area contributed by atoms with Crippen LogP contribution in [0.1, 0.15) is 24.3 Å². The Hall–Kier alpha value is -2.54. The molecule has 0 radical (unpaired) electrons. The molecule has 0 aliphatic carbocycles. The first-order valence-electron chi connectivity index (χ1n) is 7.49. The summed E-state index contributed by atoms with van der Waals surface area (Å²) in [7, 11) is 0. The summed E-state index contributed by atoms with van der Waals surface area (Å²) in [5.74, 6) is -0.328. The molecular formula is C17H19NO5S. The molecule has 2 N–H and O–H groups in total. The van der Waals surface area contributed by atoms with Crippen molar-refractivity contribution in [1.29, 1.82) is 0 Å². The third-order valence-corrected chi connectivity index (χ3v) is 4.09. The Bertz CT molecular complexity index is 671. The summed E-state index contributed by atoms with van der Waals surface area (Å²) in [5, 5.41) is 13.5. The van der Waals surface area contributed by atoms with Crippen LogP contribution in [0.25, 0.3) is 0 Å². The highest BCUT2D eigenvalue weighted by molar-refractivity contribution is 7.10. The van der Waals surface area contributed by atoms with Crippen LogP contribution in [0.5, 0.6) is 11.5 Å². The quantitative estimate of drug-likeness (QED) is 0.727. The predicted molar refractivity (Wildman–Crippen MR) is 90.6 cm³/mol. The normalized spacial score (nSPS) is 11.5. The predicted octanol–water partition coefficient (Wildman–Crippen LogP) is 2.86. The number of carbonyl (C=O) groups excluding carboxylic acids is 1. The van der Waals surface area contributed by atoms with Gasteiger partial charge in [0.2, 0.25) is 0 Å². The molecule has 0 saturated heterocycles. The lowest BCUT2D eigenvalue weighted by atomic mass is 10.1. The number of hydrogen-bond donors (Lipinski definition) is 2. The fourth-order valence-corrected chi connectivity index (χ4v) is 2.89. The lowest BCUT2D eigenvalue weighted by Gasteiger charge is -2.16. The Labute approximate surface area is 144 Å². The number of carbonyl (C=O) groups is 2. The average Bonchev–Trinajstić information content (AvgIpc) is 3.08. The van der Waals surface area contributed by atoms with Gasteiger partial charge < -0.3 is 19.9 Å². The van der Waals surface area contributed by atoms with E-state index in [-0.39, 0.29) is 18.9 Å². The highest BCUT2D eigenvalue weighted by Gasteiger charge is 2.19. The van der Waals surface area contributed by atoms with Crippen LogP contribution < -0.4 is 14.8 Å². The summed E-state index contributed by atoms with van der Waals surface area (Å²) in [4.78, 5) is 23.9. The van der Waals surface area contributed by atoms with Gasteiger partial charge in [0.25, 0.3) is 5.91 Å². The molecule has 0 aliphatic heterocycles. The van der Waals surface area contributed by atoms with E-state index in [1.165, 1.54) is 11.3 Å². The molecule has 2 rings (SSSR count). The number of hydrogen-bond acceptors (Lipinski definition) is 5. The molecule has 0 unspecified atom stereocenters. The third-order valence-electron chi connectivity index (χ3n) is 3.11. The first-order valence-corrected chi connectivity index (χ1v) is 8.37. The van der Waals surface area contributed by atoms with Gasteiger partial charge in [0.15, 0.2) is 18.1 Å². The van der Waals surface area contributed by atoms with Crippen LogP contribution in [0.4, 0.5) is 0 Å². The SMILES string of the molecule is CCOc1ccccc1OCC(=O)N[C@H](CC(=O)O)c1cccs1. The van der Waals surface area contributed by atoms with Gasteiger partial charge in [0.05, 0.1) is 19.1 Å². The van der Waals surface area contributed by atoms with Crippen molar-refractivity contribution in [3.8, 4) is 11.5 Å². The molecule has 1 aromatic heterocycles. The van der Waals surface area contributed by atoms with Crippen LogP contribution in [-0.2, 0) is 9.59 Å². The molecule has 0 aliphatic rings. The number of para-hydroxylation sites is 2. The Morgan fingerprint density at radius 2 is 1.88 bits per heavy atom. The van der Waals surface area contributed by atoms with Crippen molar-refractivity contribution in [2.75, 3.05) is 13.2 Å². The highest BCUT2D eigenvalue weighted by Crippen LogP contribution is 2.26. The molecule has 1 heterocycles.